The van der Waals surface area contributed by atoms with E-state index >= 15 is 0 Å². The topological polar surface area (TPSA) is 9.72 Å². The van der Waals surface area contributed by atoms with Crippen LogP contribution < -0.4 is 10.0 Å². The Morgan fingerprint density at radius 3 is 0.965 bits per heavy atom. The fourth-order valence-corrected chi connectivity index (χ4v) is 16.3. The lowest BCUT2D eigenvalue weighted by atomic mass is 10.2. The Hall–Kier alpha value is -6.66. The molecule has 10 rings (SSSR count). The largest absolute Gasteiger partial charge is 0.240 e. The number of hydrazine groups is 2. The fourth-order valence-electron chi connectivity index (χ4n) is 8.37. The Morgan fingerprint density at radius 2 is 0.596 bits per heavy atom. The minimum absolute atomic E-state index is 1.09. The number of benzene rings is 8. The maximum atomic E-state index is 2.57. The van der Waals surface area contributed by atoms with Gasteiger partial charge in [0.1, 0.15) is 0 Å². The molecule has 0 fully saturated rings. The molecule has 0 spiro atoms. The first-order valence-electron chi connectivity index (χ1n) is 19.2. The number of hydrogen-bond donors (Lipinski definition) is 0. The maximum absolute atomic E-state index is 2.57. The number of fused-ring (bicyclic) bond motifs is 3. The summed E-state index contributed by atoms with van der Waals surface area (Å²) in [5.41, 5.74) is 3.35. The molecule has 276 valence electrons. The van der Waals surface area contributed by atoms with Crippen molar-refractivity contribution < 1.29 is 0 Å². The lowest BCUT2D eigenvalue weighted by molar-refractivity contribution is 0.407. The smallest absolute Gasteiger partial charge is 0.0909 e. The molecule has 0 saturated heterocycles. The van der Waals surface area contributed by atoms with Crippen molar-refractivity contribution in [2.24, 2.45) is 0 Å². The van der Waals surface area contributed by atoms with Crippen LogP contribution in [0.3, 0.4) is 0 Å². The molecule has 0 aliphatic carbocycles. The monoisotopic (exact) mass is 771 g/mol. The molecule has 8 aromatic rings. The number of allylic oxidation sites excluding steroid dienone is 2. The van der Waals surface area contributed by atoms with Crippen molar-refractivity contribution in [2.75, 3.05) is 10.0 Å². The minimum Gasteiger partial charge on any atom is -0.240 e. The molecule has 0 aromatic heterocycles. The van der Waals surface area contributed by atoms with Gasteiger partial charge in [0.25, 0.3) is 0 Å². The molecule has 3 nitrogen and oxygen atoms in total. The lowest BCUT2D eigenvalue weighted by Crippen LogP contribution is -2.40. The van der Waals surface area contributed by atoms with Crippen molar-refractivity contribution in [3.05, 3.63) is 249 Å². The standard InChI is InChI=1S/C52H41N3S2/c1-7-23-43(24-8-1)56(44-25-9-2-10-26-44,45-27-11-3-12-28-45)49-39-42(55-52-36-20-19-35-51(52)53-37-21-22-38-54(53)55)40-50(41-49)57(46-29-13-4-14-30-46,47-31-15-5-16-32-47)48-33-17-6-18-34-48/h1-41H. The Kier molecular flexibility index (Phi) is 9.02. The molecule has 2 heterocycles. The van der Waals surface area contributed by atoms with Crippen LogP contribution in [0.25, 0.3) is 0 Å². The number of rotatable bonds is 9. The van der Waals surface area contributed by atoms with Crippen LogP contribution in [-0.2, 0) is 0 Å². The first-order chi connectivity index (χ1) is 28.3. The highest BCUT2D eigenvalue weighted by atomic mass is 32.3. The van der Waals surface area contributed by atoms with Crippen LogP contribution in [0, 0.1) is 0 Å². The van der Waals surface area contributed by atoms with Gasteiger partial charge >= 0.3 is 0 Å². The average molecular weight is 772 g/mol. The highest BCUT2D eigenvalue weighted by Gasteiger charge is 2.40. The van der Waals surface area contributed by atoms with Gasteiger partial charge in [0.2, 0.25) is 0 Å². The second-order valence-electron chi connectivity index (χ2n) is 13.9. The Morgan fingerprint density at radius 1 is 0.281 bits per heavy atom. The number of nitrogens with zero attached hydrogens (tertiary/aromatic N) is 3. The van der Waals surface area contributed by atoms with Crippen molar-refractivity contribution in [3.63, 3.8) is 0 Å². The van der Waals surface area contributed by atoms with Crippen LogP contribution in [-0.4, -0.2) is 5.12 Å². The van der Waals surface area contributed by atoms with E-state index in [1.54, 1.807) is 0 Å². The van der Waals surface area contributed by atoms with Gasteiger partial charge in [-0.25, -0.2) is 10.0 Å². The molecular formula is C52H41N3S2. The molecule has 0 atom stereocenters. The van der Waals surface area contributed by atoms with E-state index in [9.17, 15) is 0 Å². The summed E-state index contributed by atoms with van der Waals surface area (Å²) in [5, 5.41) is 6.86. The van der Waals surface area contributed by atoms with Gasteiger partial charge in [0.05, 0.1) is 17.1 Å². The molecule has 0 amide bonds. The van der Waals surface area contributed by atoms with Crippen molar-refractivity contribution in [2.45, 2.75) is 39.2 Å². The first-order valence-corrected chi connectivity index (χ1v) is 22.5. The molecule has 0 unspecified atom stereocenters. The SMILES string of the molecule is C1=CN2c3ccccc3N(c3cc(S(c4ccccc4)(c4ccccc4)c4ccccc4)cc(S(c4ccccc4)(c4ccccc4)c4ccccc4)c3)N2C=C1. The van der Waals surface area contributed by atoms with Gasteiger partial charge in [-0.1, -0.05) is 121 Å². The number of para-hydroxylation sites is 2. The molecular weight excluding hydrogens is 731 g/mol. The summed E-state index contributed by atoms with van der Waals surface area (Å²) in [7, 11) is -4.15. The van der Waals surface area contributed by atoms with Gasteiger partial charge in [-0.3, -0.25) is 0 Å². The van der Waals surface area contributed by atoms with Gasteiger partial charge in [-0.2, -0.15) is 5.12 Å². The Balaban J connectivity index is 1.39. The van der Waals surface area contributed by atoms with E-state index in [2.05, 4.69) is 264 Å². The zero-order chi connectivity index (χ0) is 38.1. The molecule has 0 N–H and O–H groups in total. The molecule has 2 aliphatic rings. The predicted molar refractivity (Wildman–Crippen MR) is 238 cm³/mol. The van der Waals surface area contributed by atoms with Gasteiger partial charge in [-0.15, -0.1) is 20.1 Å². The maximum Gasteiger partial charge on any atom is 0.0909 e. The summed E-state index contributed by atoms with van der Waals surface area (Å²) in [6.45, 7) is 0. The number of hydrogen-bond acceptors (Lipinski definition) is 3. The quantitative estimate of drug-likeness (QED) is 0.145. The van der Waals surface area contributed by atoms with Crippen LogP contribution in [0.2, 0.25) is 0 Å². The van der Waals surface area contributed by atoms with E-state index in [1.165, 1.54) is 39.2 Å². The highest BCUT2D eigenvalue weighted by molar-refractivity contribution is 8.34. The summed E-state index contributed by atoms with van der Waals surface area (Å²) >= 11 is 0. The van der Waals surface area contributed by atoms with Gasteiger partial charge < -0.3 is 0 Å². The van der Waals surface area contributed by atoms with Crippen LogP contribution >= 0.6 is 20.1 Å². The Labute approximate surface area is 338 Å². The third kappa shape index (κ3) is 5.70. The van der Waals surface area contributed by atoms with Gasteiger partial charge in [0.15, 0.2) is 0 Å². The van der Waals surface area contributed by atoms with Crippen molar-refractivity contribution >= 4 is 37.1 Å². The van der Waals surface area contributed by atoms with E-state index in [1.807, 2.05) is 0 Å². The summed E-state index contributed by atoms with van der Waals surface area (Å²) in [6.07, 6.45) is 8.51. The molecule has 0 saturated carbocycles. The molecule has 0 radical (unpaired) electrons. The van der Waals surface area contributed by atoms with Gasteiger partial charge in [0, 0.05) is 51.6 Å². The minimum atomic E-state index is -2.08. The summed E-state index contributed by atoms with van der Waals surface area (Å²) in [6, 6.07) is 83.3. The summed E-state index contributed by atoms with van der Waals surface area (Å²) in [4.78, 5) is 10.3. The average Bonchev–Trinajstić information content (AvgIpc) is 3.64. The third-order valence-corrected chi connectivity index (χ3v) is 18.5. The highest BCUT2D eigenvalue weighted by Crippen LogP contribution is 2.78. The van der Waals surface area contributed by atoms with E-state index in [4.69, 9.17) is 0 Å². The molecule has 57 heavy (non-hydrogen) atoms. The summed E-state index contributed by atoms with van der Waals surface area (Å²) < 4.78 is 0. The molecule has 2 aliphatic heterocycles. The Bertz CT molecular complexity index is 2350. The van der Waals surface area contributed by atoms with Gasteiger partial charge in [-0.05, 0) is 115 Å². The zero-order valence-corrected chi connectivity index (χ0v) is 33.0. The molecule has 5 heteroatoms. The van der Waals surface area contributed by atoms with Crippen LogP contribution in [0.5, 0.6) is 0 Å². The molecule has 0 bridgehead atoms. The normalized spacial score (nSPS) is 13.9. The second-order valence-corrected chi connectivity index (χ2v) is 20.1. The van der Waals surface area contributed by atoms with E-state index in [0.29, 0.717) is 0 Å². The van der Waals surface area contributed by atoms with E-state index < -0.39 is 20.1 Å². The van der Waals surface area contributed by atoms with Crippen LogP contribution in [0.4, 0.5) is 17.1 Å². The van der Waals surface area contributed by atoms with Crippen LogP contribution in [0.1, 0.15) is 0 Å². The van der Waals surface area contributed by atoms with Crippen molar-refractivity contribution in [3.8, 4) is 0 Å². The first kappa shape index (κ1) is 34.8. The zero-order valence-electron chi connectivity index (χ0n) is 31.3. The second kappa shape index (κ2) is 14.8. The van der Waals surface area contributed by atoms with Crippen molar-refractivity contribution in [1.82, 2.24) is 5.12 Å². The summed E-state index contributed by atoms with van der Waals surface area (Å²) in [5.74, 6) is 0. The third-order valence-electron chi connectivity index (χ3n) is 10.7. The molecule has 8 aromatic carbocycles. The lowest BCUT2D eigenvalue weighted by Gasteiger charge is -2.46. The fraction of sp³-hybridized carbons (Fsp3) is 0. The van der Waals surface area contributed by atoms with Crippen LogP contribution in [0.15, 0.2) is 288 Å². The number of anilines is 3. The predicted octanol–water partition coefficient (Wildman–Crippen LogP) is 14.5. The van der Waals surface area contributed by atoms with Crippen molar-refractivity contribution in [1.29, 1.82) is 0 Å². The van der Waals surface area contributed by atoms with E-state index in [-0.39, 0.29) is 0 Å². The van der Waals surface area contributed by atoms with E-state index in [0.717, 1.165) is 17.1 Å².